The number of aliphatic hydroxyl groups excluding tert-OH is 1. The lowest BCUT2D eigenvalue weighted by Gasteiger charge is -2.26. The molecule has 2 aliphatic rings. The highest BCUT2D eigenvalue weighted by Crippen LogP contribution is 2.42. The molecule has 0 aliphatic carbocycles. The van der Waals surface area contributed by atoms with Crippen LogP contribution in [0, 0.1) is 12.7 Å². The van der Waals surface area contributed by atoms with Crippen molar-refractivity contribution < 1.29 is 14.3 Å². The summed E-state index contributed by atoms with van der Waals surface area (Å²) in [6.45, 7) is 5.37. The number of hydrogen-bond acceptors (Lipinski definition) is 5. The van der Waals surface area contributed by atoms with Crippen LogP contribution in [0.2, 0.25) is 0 Å². The zero-order valence-electron chi connectivity index (χ0n) is 18.4. The number of aromatic nitrogens is 3. The molecule has 1 aromatic carbocycles. The molecule has 0 fully saturated rings. The second-order valence-electron chi connectivity index (χ2n) is 8.71. The Labute approximate surface area is 185 Å². The van der Waals surface area contributed by atoms with Crippen molar-refractivity contribution >= 4 is 11.7 Å². The van der Waals surface area contributed by atoms with Gasteiger partial charge in [0.2, 0.25) is 0 Å². The minimum atomic E-state index is -0.362. The van der Waals surface area contributed by atoms with Crippen molar-refractivity contribution in [3.05, 3.63) is 64.5 Å². The Morgan fingerprint density at radius 2 is 2.16 bits per heavy atom. The van der Waals surface area contributed by atoms with Crippen LogP contribution >= 0.6 is 0 Å². The number of benzene rings is 1. The van der Waals surface area contributed by atoms with E-state index in [-0.39, 0.29) is 30.2 Å². The van der Waals surface area contributed by atoms with Gasteiger partial charge in [-0.05, 0) is 42.2 Å². The predicted octanol–water partition coefficient (Wildman–Crippen LogP) is 3.28. The molecular weight excluding hydrogens is 409 g/mol. The lowest BCUT2D eigenvalue weighted by atomic mass is 9.83. The van der Waals surface area contributed by atoms with Crippen molar-refractivity contribution in [3.63, 3.8) is 0 Å². The lowest BCUT2D eigenvalue weighted by molar-refractivity contribution is 0.0780. The number of anilines is 1. The van der Waals surface area contributed by atoms with Crippen LogP contribution in [-0.2, 0) is 13.1 Å². The number of rotatable bonds is 2. The smallest absolute Gasteiger partial charge is 0.254 e. The van der Waals surface area contributed by atoms with Crippen molar-refractivity contribution in [2.24, 2.45) is 0 Å². The number of carbonyl (C=O) groups is 1. The zero-order chi connectivity index (χ0) is 22.6. The van der Waals surface area contributed by atoms with Gasteiger partial charge in [-0.15, -0.1) is 0 Å². The average molecular weight is 436 g/mol. The van der Waals surface area contributed by atoms with E-state index in [0.29, 0.717) is 30.8 Å². The molecule has 166 valence electrons. The number of halogens is 1. The van der Waals surface area contributed by atoms with E-state index >= 15 is 0 Å². The van der Waals surface area contributed by atoms with E-state index in [4.69, 9.17) is 4.98 Å². The molecule has 2 bridgehead atoms. The molecule has 4 heterocycles. The van der Waals surface area contributed by atoms with E-state index < -0.39 is 0 Å². The van der Waals surface area contributed by atoms with Gasteiger partial charge in [-0.25, -0.2) is 14.4 Å². The highest BCUT2D eigenvalue weighted by Gasteiger charge is 2.34. The van der Waals surface area contributed by atoms with Crippen LogP contribution in [0.15, 0.2) is 30.6 Å². The van der Waals surface area contributed by atoms with Crippen LogP contribution < -0.4 is 5.32 Å². The number of carbonyl (C=O) groups excluding carboxylic acids is 1. The van der Waals surface area contributed by atoms with Gasteiger partial charge in [0.1, 0.15) is 11.6 Å². The summed E-state index contributed by atoms with van der Waals surface area (Å²) in [5.41, 5.74) is 5.60. The van der Waals surface area contributed by atoms with Gasteiger partial charge in [-0.2, -0.15) is 0 Å². The third kappa shape index (κ3) is 3.17. The average Bonchev–Trinajstić information content (AvgIpc) is 3.32. The van der Waals surface area contributed by atoms with E-state index in [0.717, 1.165) is 34.0 Å². The number of aliphatic hydroxyl groups is 1. The van der Waals surface area contributed by atoms with Crippen molar-refractivity contribution in [1.82, 2.24) is 19.4 Å². The van der Waals surface area contributed by atoms with Gasteiger partial charge in [-0.3, -0.25) is 4.79 Å². The summed E-state index contributed by atoms with van der Waals surface area (Å²) in [7, 11) is 1.75. The molecule has 2 N–H and O–H groups in total. The normalized spacial score (nSPS) is 19.7. The molecule has 0 spiro atoms. The summed E-state index contributed by atoms with van der Waals surface area (Å²) >= 11 is 0. The molecule has 8 heteroatoms. The molecule has 2 aliphatic heterocycles. The van der Waals surface area contributed by atoms with Gasteiger partial charge in [0.25, 0.3) is 5.91 Å². The van der Waals surface area contributed by atoms with Crippen molar-refractivity contribution in [1.29, 1.82) is 0 Å². The Bertz CT molecular complexity index is 1220. The Hall–Kier alpha value is -3.26. The quantitative estimate of drug-likeness (QED) is 0.646. The number of hydrogen-bond donors (Lipinski definition) is 2. The maximum absolute atomic E-state index is 14.3. The fourth-order valence-corrected chi connectivity index (χ4v) is 5.03. The molecule has 0 saturated heterocycles. The monoisotopic (exact) mass is 435 g/mol. The third-order valence-corrected chi connectivity index (χ3v) is 6.69. The Morgan fingerprint density at radius 3 is 2.94 bits per heavy atom. The Kier molecular flexibility index (Phi) is 4.97. The zero-order valence-corrected chi connectivity index (χ0v) is 18.4. The summed E-state index contributed by atoms with van der Waals surface area (Å²) in [6.07, 6.45) is 3.74. The lowest BCUT2D eigenvalue weighted by Crippen LogP contribution is -2.29. The molecule has 3 aromatic rings. The first-order chi connectivity index (χ1) is 15.4. The Balaban J connectivity index is 1.77. The predicted molar refractivity (Wildman–Crippen MR) is 119 cm³/mol. The fourth-order valence-electron chi connectivity index (χ4n) is 5.03. The van der Waals surface area contributed by atoms with Crippen LogP contribution in [0.3, 0.4) is 0 Å². The topological polar surface area (TPSA) is 83.3 Å². The number of aryl methyl sites for hydroxylation is 1. The third-order valence-electron chi connectivity index (χ3n) is 6.69. The summed E-state index contributed by atoms with van der Waals surface area (Å²) in [4.78, 5) is 24.8. The molecule has 1 amide bonds. The summed E-state index contributed by atoms with van der Waals surface area (Å²) in [6, 6.07) is 4.39. The first-order valence-corrected chi connectivity index (χ1v) is 10.8. The molecule has 1 unspecified atom stereocenters. The highest BCUT2D eigenvalue weighted by atomic mass is 19.1. The summed E-state index contributed by atoms with van der Waals surface area (Å²) < 4.78 is 16.2. The van der Waals surface area contributed by atoms with Crippen molar-refractivity contribution in [3.8, 4) is 11.3 Å². The minimum Gasteiger partial charge on any atom is -0.395 e. The molecule has 7 nitrogen and oxygen atoms in total. The summed E-state index contributed by atoms with van der Waals surface area (Å²) in [5, 5.41) is 12.9. The number of fused-ring (bicyclic) bond motifs is 4. The summed E-state index contributed by atoms with van der Waals surface area (Å²) in [5.74, 6) is 0.0415. The van der Waals surface area contributed by atoms with Gasteiger partial charge in [-0.1, -0.05) is 6.92 Å². The van der Waals surface area contributed by atoms with Crippen LogP contribution in [0.25, 0.3) is 11.3 Å². The number of nitrogens with zero attached hydrogens (tertiary/aromatic N) is 4. The molecule has 32 heavy (non-hydrogen) atoms. The fraction of sp³-hybridized carbons (Fsp3) is 0.375. The SMILES string of the molecule is Cc1cn(CCO)c2c1-c1cnc3c(n1)C(CN3)[C@H](C)c1cc(F)ccc1C(=O)N(C)C2. The van der Waals surface area contributed by atoms with E-state index in [1.165, 1.54) is 12.1 Å². The van der Waals surface area contributed by atoms with E-state index in [1.807, 2.05) is 24.6 Å². The van der Waals surface area contributed by atoms with Crippen molar-refractivity contribution in [2.45, 2.75) is 38.8 Å². The molecule has 2 aromatic heterocycles. The van der Waals surface area contributed by atoms with Gasteiger partial charge >= 0.3 is 0 Å². The maximum atomic E-state index is 14.3. The van der Waals surface area contributed by atoms with Crippen LogP contribution in [0.5, 0.6) is 0 Å². The van der Waals surface area contributed by atoms with E-state index in [9.17, 15) is 14.3 Å². The second-order valence-corrected chi connectivity index (χ2v) is 8.71. The molecule has 0 radical (unpaired) electrons. The van der Waals surface area contributed by atoms with Gasteiger partial charge in [0, 0.05) is 49.1 Å². The molecule has 2 atom stereocenters. The van der Waals surface area contributed by atoms with E-state index in [2.05, 4.69) is 10.3 Å². The van der Waals surface area contributed by atoms with Crippen LogP contribution in [0.4, 0.5) is 10.2 Å². The van der Waals surface area contributed by atoms with Gasteiger partial charge in [0.05, 0.1) is 30.7 Å². The second kappa shape index (κ2) is 7.70. The van der Waals surface area contributed by atoms with Gasteiger partial charge in [0.15, 0.2) is 0 Å². The molecular formula is C24H26FN5O2. The van der Waals surface area contributed by atoms with Crippen LogP contribution in [-0.4, -0.2) is 50.6 Å². The number of nitrogens with one attached hydrogen (secondary N) is 1. The minimum absolute atomic E-state index is 0.0142. The number of amides is 1. The maximum Gasteiger partial charge on any atom is 0.254 e. The van der Waals surface area contributed by atoms with Crippen molar-refractivity contribution in [2.75, 3.05) is 25.5 Å². The Morgan fingerprint density at radius 1 is 1.34 bits per heavy atom. The highest BCUT2D eigenvalue weighted by molar-refractivity contribution is 5.96. The first kappa shape index (κ1) is 20.6. The first-order valence-electron chi connectivity index (χ1n) is 10.8. The standard InChI is InChI=1S/C24H26FN5O2/c1-13-11-30(6-7-31)20-12-29(3)24(32)16-5-4-15(25)8-17(16)14(2)18-9-26-23-22(18)28-19(10-27-23)21(13)20/h4-5,8,10-11,14,18,31H,6-7,9,12H2,1-3H3,(H,26,27)/t14-,18?/m1/s1. The molecule has 0 saturated carbocycles. The largest absolute Gasteiger partial charge is 0.395 e. The van der Waals surface area contributed by atoms with Crippen LogP contribution in [0.1, 0.15) is 51.6 Å². The molecule has 5 rings (SSSR count). The van der Waals surface area contributed by atoms with Gasteiger partial charge < -0.3 is 19.9 Å². The van der Waals surface area contributed by atoms with E-state index in [1.54, 1.807) is 24.2 Å².